The van der Waals surface area contributed by atoms with Crippen molar-refractivity contribution in [2.45, 2.75) is 25.2 Å². The molecule has 1 aromatic heterocycles. The molecular weight excluding hydrogens is 311 g/mol. The summed E-state index contributed by atoms with van der Waals surface area (Å²) in [7, 11) is 0. The Balaban J connectivity index is 2.48. The average molecular weight is 325 g/mol. The first-order valence-corrected chi connectivity index (χ1v) is 6.60. The highest BCUT2D eigenvalue weighted by molar-refractivity contribution is 5.44. The number of aromatic nitrogens is 3. The van der Waals surface area contributed by atoms with Crippen LogP contribution in [0.3, 0.4) is 0 Å². The second-order valence-corrected chi connectivity index (χ2v) is 5.08. The first-order valence-electron chi connectivity index (χ1n) is 6.60. The lowest BCUT2D eigenvalue weighted by Crippen LogP contribution is -2.31. The quantitative estimate of drug-likeness (QED) is 0.840. The smallest absolute Gasteiger partial charge is 0.384 e. The highest BCUT2D eigenvalue weighted by atomic mass is 19.4. The molecule has 122 valence electrons. The largest absolute Gasteiger partial charge is 0.416 e. The summed E-state index contributed by atoms with van der Waals surface area (Å²) in [6, 6.07) is 3.40. The molecule has 8 heteroatoms. The van der Waals surface area contributed by atoms with Crippen molar-refractivity contribution in [2.24, 2.45) is 0 Å². The van der Waals surface area contributed by atoms with Crippen molar-refractivity contribution in [3.63, 3.8) is 0 Å². The molecule has 0 saturated carbocycles. The third-order valence-electron chi connectivity index (χ3n) is 3.15. The van der Waals surface area contributed by atoms with Crippen molar-refractivity contribution in [2.75, 3.05) is 6.61 Å². The van der Waals surface area contributed by atoms with Crippen molar-refractivity contribution in [1.82, 2.24) is 14.8 Å². The van der Waals surface area contributed by atoms with Crippen LogP contribution in [0.25, 0.3) is 0 Å². The molecule has 0 amide bonds. The second kappa shape index (κ2) is 6.40. The molecule has 0 bridgehead atoms. The Kier molecular flexibility index (Phi) is 4.73. The minimum absolute atomic E-state index is 0.103. The van der Waals surface area contributed by atoms with Gasteiger partial charge in [-0.3, -0.25) is 0 Å². The molecule has 1 heterocycles. The van der Waals surface area contributed by atoms with Crippen LogP contribution >= 0.6 is 0 Å². The molecule has 5 nitrogen and oxygen atoms in total. The number of nitrogens with zero attached hydrogens (tertiary/aromatic N) is 3. The minimum atomic E-state index is -4.65. The van der Waals surface area contributed by atoms with Crippen LogP contribution in [-0.4, -0.2) is 31.6 Å². The third kappa shape index (κ3) is 4.09. The molecule has 2 aromatic rings. The molecule has 1 unspecified atom stereocenters. The predicted octanol–water partition coefficient (Wildman–Crippen LogP) is 1.55. The number of aliphatic hydroxyl groups excluding tert-OH is 1. The summed E-state index contributed by atoms with van der Waals surface area (Å²) in [6.45, 7) is 0.642. The van der Waals surface area contributed by atoms with Crippen molar-refractivity contribution < 1.29 is 23.4 Å². The summed E-state index contributed by atoms with van der Waals surface area (Å²) in [5.74, 6) is 4.71. The van der Waals surface area contributed by atoms with Crippen molar-refractivity contribution in [1.29, 1.82) is 0 Å². The lowest BCUT2D eigenvalue weighted by atomic mass is 9.89. The highest BCUT2D eigenvalue weighted by Crippen LogP contribution is 2.37. The summed E-state index contributed by atoms with van der Waals surface area (Å²) in [6.07, 6.45) is -2.12. The van der Waals surface area contributed by atoms with E-state index in [4.69, 9.17) is 5.11 Å². The zero-order valence-corrected chi connectivity index (χ0v) is 12.2. The summed E-state index contributed by atoms with van der Waals surface area (Å²) in [4.78, 5) is 3.70. The zero-order chi connectivity index (χ0) is 17.1. The fourth-order valence-electron chi connectivity index (χ4n) is 2.18. The maximum absolute atomic E-state index is 13.3. The van der Waals surface area contributed by atoms with Crippen molar-refractivity contribution in [3.8, 4) is 11.8 Å². The van der Waals surface area contributed by atoms with Gasteiger partial charge in [-0.25, -0.2) is 9.67 Å². The number of halogens is 3. The Morgan fingerprint density at radius 2 is 2.00 bits per heavy atom. The van der Waals surface area contributed by atoms with Gasteiger partial charge in [-0.05, 0) is 24.6 Å². The predicted molar refractivity (Wildman–Crippen MR) is 75.0 cm³/mol. The maximum Gasteiger partial charge on any atom is 0.416 e. The second-order valence-electron chi connectivity index (χ2n) is 5.08. The molecule has 0 saturated heterocycles. The molecule has 0 aliphatic carbocycles. The zero-order valence-electron chi connectivity index (χ0n) is 12.2. The topological polar surface area (TPSA) is 71.2 Å². The van der Waals surface area contributed by atoms with E-state index >= 15 is 0 Å². The van der Waals surface area contributed by atoms with Crippen LogP contribution in [0.15, 0.2) is 30.9 Å². The molecule has 0 aliphatic heterocycles. The molecular formula is C15H14F3N3O2. The fourth-order valence-corrected chi connectivity index (χ4v) is 2.18. The van der Waals surface area contributed by atoms with Gasteiger partial charge in [0.15, 0.2) is 0 Å². The van der Waals surface area contributed by atoms with Crippen LogP contribution in [0.2, 0.25) is 0 Å². The van der Waals surface area contributed by atoms with E-state index in [1.54, 1.807) is 0 Å². The Morgan fingerprint density at radius 1 is 1.26 bits per heavy atom. The van der Waals surface area contributed by atoms with Gasteiger partial charge in [0.05, 0.1) is 12.1 Å². The van der Waals surface area contributed by atoms with Crippen LogP contribution in [0.1, 0.15) is 23.6 Å². The molecule has 2 rings (SSSR count). The average Bonchev–Trinajstić information content (AvgIpc) is 2.96. The molecule has 0 radical (unpaired) electrons. The summed E-state index contributed by atoms with van der Waals surface area (Å²) in [5.41, 5.74) is -2.96. The number of hydrogen-bond donors (Lipinski definition) is 2. The van der Waals surface area contributed by atoms with Crippen molar-refractivity contribution in [3.05, 3.63) is 47.5 Å². The molecule has 0 fully saturated rings. The normalized spacial score (nSPS) is 14.0. The number of hydrogen-bond acceptors (Lipinski definition) is 4. The van der Waals surface area contributed by atoms with Gasteiger partial charge in [0.25, 0.3) is 0 Å². The fraction of sp³-hybridized carbons (Fsp3) is 0.333. The van der Waals surface area contributed by atoms with Gasteiger partial charge in [-0.2, -0.15) is 18.3 Å². The van der Waals surface area contributed by atoms with E-state index in [-0.39, 0.29) is 17.7 Å². The Hall–Kier alpha value is -2.37. The van der Waals surface area contributed by atoms with Gasteiger partial charge in [0, 0.05) is 5.56 Å². The van der Waals surface area contributed by atoms with Crippen LogP contribution in [0, 0.1) is 11.8 Å². The number of aliphatic hydroxyl groups is 2. The van der Waals surface area contributed by atoms with Gasteiger partial charge in [0.2, 0.25) is 0 Å². The monoisotopic (exact) mass is 325 g/mol. The summed E-state index contributed by atoms with van der Waals surface area (Å²) < 4.78 is 41.2. The van der Waals surface area contributed by atoms with Crippen LogP contribution in [-0.2, 0) is 18.3 Å². The molecule has 23 heavy (non-hydrogen) atoms. The Labute approximate surface area is 130 Å². The van der Waals surface area contributed by atoms with Gasteiger partial charge < -0.3 is 10.2 Å². The Morgan fingerprint density at radius 3 is 2.57 bits per heavy atom. The van der Waals surface area contributed by atoms with E-state index < -0.39 is 23.9 Å². The summed E-state index contributed by atoms with van der Waals surface area (Å²) >= 11 is 0. The maximum atomic E-state index is 13.3. The van der Waals surface area contributed by atoms with Gasteiger partial charge in [-0.1, -0.05) is 17.9 Å². The van der Waals surface area contributed by atoms with Gasteiger partial charge in [0.1, 0.15) is 24.9 Å². The number of alkyl halides is 3. The Bertz CT molecular complexity index is 729. The van der Waals surface area contributed by atoms with Gasteiger partial charge >= 0.3 is 6.18 Å². The third-order valence-corrected chi connectivity index (χ3v) is 3.15. The lowest BCUT2D eigenvalue weighted by molar-refractivity contribution is -0.140. The van der Waals surface area contributed by atoms with E-state index in [1.807, 2.05) is 0 Å². The van der Waals surface area contributed by atoms with Crippen LogP contribution < -0.4 is 0 Å². The van der Waals surface area contributed by atoms with E-state index in [0.717, 1.165) is 6.07 Å². The van der Waals surface area contributed by atoms with E-state index in [1.165, 1.54) is 36.4 Å². The van der Waals surface area contributed by atoms with E-state index in [2.05, 4.69) is 21.9 Å². The number of benzene rings is 1. The van der Waals surface area contributed by atoms with Crippen LogP contribution in [0.4, 0.5) is 13.2 Å². The van der Waals surface area contributed by atoms with E-state index in [9.17, 15) is 18.3 Å². The van der Waals surface area contributed by atoms with Crippen LogP contribution in [0.5, 0.6) is 0 Å². The molecule has 2 N–H and O–H groups in total. The SMILES string of the molecule is CC(O)(Cn1cncn1)c1ccc(C#CCO)cc1C(F)(F)F. The number of rotatable bonds is 3. The summed E-state index contributed by atoms with van der Waals surface area (Å²) in [5, 5.41) is 22.9. The highest BCUT2D eigenvalue weighted by Gasteiger charge is 2.39. The first kappa shape index (κ1) is 17.0. The minimum Gasteiger partial charge on any atom is -0.384 e. The van der Waals surface area contributed by atoms with E-state index in [0.29, 0.717) is 0 Å². The van der Waals surface area contributed by atoms with Gasteiger partial charge in [-0.15, -0.1) is 0 Å². The first-order chi connectivity index (χ1) is 10.7. The lowest BCUT2D eigenvalue weighted by Gasteiger charge is -2.27. The molecule has 0 aliphatic rings. The van der Waals surface area contributed by atoms with Crippen molar-refractivity contribution >= 4 is 0 Å². The molecule has 1 atom stereocenters. The standard InChI is InChI=1S/C15H14F3N3O2/c1-14(23,8-21-10-19-9-20-21)12-5-4-11(3-2-6-22)7-13(12)15(16,17)18/h4-5,7,9-10,22-23H,6,8H2,1H3. The molecule has 0 spiro atoms. The molecule has 1 aromatic carbocycles.